The standard InChI is InChI=1S/C13H25NO2/c1-2-4-12(7-8-15)10-14-13(16)9-11-5-3-6-11/h11-12,15H,2-10H2,1H3,(H,14,16). The highest BCUT2D eigenvalue weighted by molar-refractivity contribution is 5.76. The molecule has 1 fully saturated rings. The Labute approximate surface area is 98.6 Å². The van der Waals surface area contributed by atoms with Crippen molar-refractivity contribution in [1.29, 1.82) is 0 Å². The quantitative estimate of drug-likeness (QED) is 0.667. The molecule has 0 radical (unpaired) electrons. The number of carbonyl (C=O) groups is 1. The van der Waals surface area contributed by atoms with Crippen LogP contribution in [0.3, 0.4) is 0 Å². The Bertz CT molecular complexity index is 196. The molecule has 0 heterocycles. The summed E-state index contributed by atoms with van der Waals surface area (Å²) in [5.41, 5.74) is 0. The predicted molar refractivity (Wildman–Crippen MR) is 65.1 cm³/mol. The van der Waals surface area contributed by atoms with Gasteiger partial charge >= 0.3 is 0 Å². The topological polar surface area (TPSA) is 49.3 Å². The van der Waals surface area contributed by atoms with Crippen molar-refractivity contribution in [2.24, 2.45) is 11.8 Å². The van der Waals surface area contributed by atoms with Crippen molar-refractivity contribution in [3.8, 4) is 0 Å². The molecule has 3 heteroatoms. The van der Waals surface area contributed by atoms with Crippen LogP contribution in [-0.2, 0) is 4.79 Å². The summed E-state index contributed by atoms with van der Waals surface area (Å²) in [7, 11) is 0. The van der Waals surface area contributed by atoms with E-state index in [4.69, 9.17) is 5.11 Å². The fourth-order valence-electron chi connectivity index (χ4n) is 2.23. The maximum Gasteiger partial charge on any atom is 0.220 e. The molecule has 0 saturated heterocycles. The molecule has 0 aliphatic heterocycles. The highest BCUT2D eigenvalue weighted by atomic mass is 16.3. The zero-order chi connectivity index (χ0) is 11.8. The summed E-state index contributed by atoms with van der Waals surface area (Å²) >= 11 is 0. The normalized spacial score (nSPS) is 17.9. The lowest BCUT2D eigenvalue weighted by molar-refractivity contribution is -0.122. The minimum atomic E-state index is 0.198. The smallest absolute Gasteiger partial charge is 0.220 e. The predicted octanol–water partition coefficient (Wildman–Crippen LogP) is 2.09. The van der Waals surface area contributed by atoms with Gasteiger partial charge in [0.05, 0.1) is 0 Å². The third kappa shape index (κ3) is 4.97. The summed E-state index contributed by atoms with van der Waals surface area (Å²) in [6, 6.07) is 0. The number of hydrogen-bond donors (Lipinski definition) is 2. The number of hydrogen-bond acceptors (Lipinski definition) is 2. The van der Waals surface area contributed by atoms with Crippen molar-refractivity contribution >= 4 is 5.91 Å². The molecule has 0 aromatic carbocycles. The van der Waals surface area contributed by atoms with Crippen molar-refractivity contribution in [1.82, 2.24) is 5.32 Å². The second-order valence-electron chi connectivity index (χ2n) is 4.97. The Morgan fingerprint density at radius 2 is 2.19 bits per heavy atom. The van der Waals surface area contributed by atoms with Gasteiger partial charge in [-0.1, -0.05) is 19.8 Å². The second kappa shape index (κ2) is 7.66. The van der Waals surface area contributed by atoms with Crippen LogP contribution in [0.2, 0.25) is 0 Å². The van der Waals surface area contributed by atoms with Gasteiger partial charge in [-0.05, 0) is 37.5 Å². The van der Waals surface area contributed by atoms with Crippen molar-refractivity contribution in [3.63, 3.8) is 0 Å². The van der Waals surface area contributed by atoms with Crippen LogP contribution in [0.25, 0.3) is 0 Å². The van der Waals surface area contributed by atoms with E-state index >= 15 is 0 Å². The van der Waals surface area contributed by atoms with Gasteiger partial charge in [0, 0.05) is 19.6 Å². The molecule has 3 nitrogen and oxygen atoms in total. The van der Waals surface area contributed by atoms with Gasteiger partial charge in [0.1, 0.15) is 0 Å². The van der Waals surface area contributed by atoms with Crippen LogP contribution in [0.5, 0.6) is 0 Å². The van der Waals surface area contributed by atoms with E-state index in [1.165, 1.54) is 19.3 Å². The van der Waals surface area contributed by atoms with Gasteiger partial charge in [0.25, 0.3) is 0 Å². The monoisotopic (exact) mass is 227 g/mol. The SMILES string of the molecule is CCCC(CCO)CNC(=O)CC1CCC1. The molecule has 0 aromatic rings. The molecular weight excluding hydrogens is 202 g/mol. The average Bonchev–Trinajstić information content (AvgIpc) is 2.21. The van der Waals surface area contributed by atoms with Crippen LogP contribution in [-0.4, -0.2) is 24.2 Å². The molecule has 1 atom stereocenters. The first kappa shape index (κ1) is 13.5. The summed E-state index contributed by atoms with van der Waals surface area (Å²) < 4.78 is 0. The van der Waals surface area contributed by atoms with E-state index in [1.807, 2.05) is 0 Å². The van der Waals surface area contributed by atoms with Crippen LogP contribution < -0.4 is 5.32 Å². The van der Waals surface area contributed by atoms with Gasteiger partial charge in [0.2, 0.25) is 5.91 Å². The molecule has 1 aliphatic rings. The maximum atomic E-state index is 11.6. The lowest BCUT2D eigenvalue weighted by atomic mass is 9.83. The minimum Gasteiger partial charge on any atom is -0.396 e. The molecule has 16 heavy (non-hydrogen) atoms. The summed E-state index contributed by atoms with van der Waals surface area (Å²) in [6.45, 7) is 3.10. The van der Waals surface area contributed by atoms with Crippen molar-refractivity contribution in [2.75, 3.05) is 13.2 Å². The fraction of sp³-hybridized carbons (Fsp3) is 0.923. The molecule has 1 amide bonds. The molecule has 0 aromatic heterocycles. The van der Waals surface area contributed by atoms with E-state index in [1.54, 1.807) is 0 Å². The van der Waals surface area contributed by atoms with Crippen LogP contribution in [0.15, 0.2) is 0 Å². The van der Waals surface area contributed by atoms with Crippen LogP contribution in [0.1, 0.15) is 51.9 Å². The third-order valence-corrected chi connectivity index (χ3v) is 3.52. The number of aliphatic hydroxyl groups is 1. The van der Waals surface area contributed by atoms with Crippen LogP contribution in [0, 0.1) is 11.8 Å². The van der Waals surface area contributed by atoms with Gasteiger partial charge in [-0.25, -0.2) is 0 Å². The molecule has 94 valence electrons. The molecule has 0 spiro atoms. The summed E-state index contributed by atoms with van der Waals surface area (Å²) in [5.74, 6) is 1.28. The molecule has 1 unspecified atom stereocenters. The number of rotatable bonds is 8. The van der Waals surface area contributed by atoms with Crippen LogP contribution in [0.4, 0.5) is 0 Å². The van der Waals surface area contributed by atoms with E-state index in [2.05, 4.69) is 12.2 Å². The van der Waals surface area contributed by atoms with Crippen molar-refractivity contribution in [3.05, 3.63) is 0 Å². The lowest BCUT2D eigenvalue weighted by Crippen LogP contribution is -2.32. The van der Waals surface area contributed by atoms with Gasteiger partial charge in [-0.2, -0.15) is 0 Å². The van der Waals surface area contributed by atoms with Gasteiger partial charge in [-0.3, -0.25) is 4.79 Å². The molecule has 2 N–H and O–H groups in total. The lowest BCUT2D eigenvalue weighted by Gasteiger charge is -2.25. The van der Waals surface area contributed by atoms with E-state index < -0.39 is 0 Å². The number of aliphatic hydroxyl groups excluding tert-OH is 1. The van der Waals surface area contributed by atoms with Gasteiger partial charge < -0.3 is 10.4 Å². The first-order chi connectivity index (χ1) is 7.76. The molecular formula is C13H25NO2. The number of amides is 1. The Balaban J connectivity index is 2.11. The highest BCUT2D eigenvalue weighted by Gasteiger charge is 2.20. The molecule has 1 aliphatic carbocycles. The largest absolute Gasteiger partial charge is 0.396 e. The summed E-state index contributed by atoms with van der Waals surface area (Å²) in [6.07, 6.45) is 7.45. The van der Waals surface area contributed by atoms with E-state index in [-0.39, 0.29) is 12.5 Å². The fourth-order valence-corrected chi connectivity index (χ4v) is 2.23. The Hall–Kier alpha value is -0.570. The van der Waals surface area contributed by atoms with E-state index in [0.717, 1.165) is 25.8 Å². The van der Waals surface area contributed by atoms with Crippen LogP contribution >= 0.6 is 0 Å². The second-order valence-corrected chi connectivity index (χ2v) is 4.97. The van der Waals surface area contributed by atoms with E-state index in [0.29, 0.717) is 18.3 Å². The summed E-state index contributed by atoms with van der Waals surface area (Å²) in [5, 5.41) is 11.9. The Kier molecular flexibility index (Phi) is 6.46. The van der Waals surface area contributed by atoms with E-state index in [9.17, 15) is 4.79 Å². The van der Waals surface area contributed by atoms with Crippen molar-refractivity contribution < 1.29 is 9.90 Å². The minimum absolute atomic E-state index is 0.198. The number of nitrogens with one attached hydrogen (secondary N) is 1. The van der Waals surface area contributed by atoms with Gasteiger partial charge in [-0.15, -0.1) is 0 Å². The van der Waals surface area contributed by atoms with Crippen molar-refractivity contribution in [2.45, 2.75) is 51.9 Å². The first-order valence-corrected chi connectivity index (χ1v) is 6.63. The molecule has 1 saturated carbocycles. The maximum absolute atomic E-state index is 11.6. The third-order valence-electron chi connectivity index (χ3n) is 3.52. The average molecular weight is 227 g/mol. The number of carbonyl (C=O) groups excluding carboxylic acids is 1. The Morgan fingerprint density at radius 3 is 2.69 bits per heavy atom. The highest BCUT2D eigenvalue weighted by Crippen LogP contribution is 2.29. The first-order valence-electron chi connectivity index (χ1n) is 6.63. The summed E-state index contributed by atoms with van der Waals surface area (Å²) in [4.78, 5) is 11.6. The Morgan fingerprint density at radius 1 is 1.44 bits per heavy atom. The zero-order valence-corrected chi connectivity index (χ0v) is 10.4. The molecule has 1 rings (SSSR count). The van der Waals surface area contributed by atoms with Gasteiger partial charge in [0.15, 0.2) is 0 Å². The zero-order valence-electron chi connectivity index (χ0n) is 10.4. The molecule has 0 bridgehead atoms.